The number of fused-ring (bicyclic) bond motifs is 1. The second-order valence-corrected chi connectivity index (χ2v) is 3.52. The van der Waals surface area contributed by atoms with Gasteiger partial charge in [-0.2, -0.15) is 0 Å². The van der Waals surface area contributed by atoms with Crippen LogP contribution in [0.1, 0.15) is 36.6 Å². The van der Waals surface area contributed by atoms with E-state index in [4.69, 9.17) is 0 Å². The molecule has 1 heterocycles. The smallest absolute Gasteiger partial charge is 0.0516 e. The van der Waals surface area contributed by atoms with Crippen LogP contribution in [0.3, 0.4) is 0 Å². The van der Waals surface area contributed by atoms with Crippen molar-refractivity contribution in [1.82, 2.24) is 4.98 Å². The maximum atomic E-state index is 4.34. The Kier molecular flexibility index (Phi) is 1.72. The molecule has 0 N–H and O–H groups in total. The SMILES string of the molecule is CC(C)c1ccnc2c1C=CC2. The number of rotatable bonds is 1. The molecule has 0 spiro atoms. The van der Waals surface area contributed by atoms with Gasteiger partial charge in [0.15, 0.2) is 0 Å². The highest BCUT2D eigenvalue weighted by Gasteiger charge is 2.12. The molecule has 1 aliphatic rings. The fourth-order valence-electron chi connectivity index (χ4n) is 1.68. The van der Waals surface area contributed by atoms with E-state index in [2.05, 4.69) is 37.0 Å². The van der Waals surface area contributed by atoms with Crippen LogP contribution in [0, 0.1) is 0 Å². The summed E-state index contributed by atoms with van der Waals surface area (Å²) in [6, 6.07) is 2.12. The van der Waals surface area contributed by atoms with Crippen molar-refractivity contribution in [3.05, 3.63) is 35.2 Å². The number of hydrogen-bond acceptors (Lipinski definition) is 1. The molecule has 0 fully saturated rings. The zero-order valence-corrected chi connectivity index (χ0v) is 7.54. The predicted octanol–water partition coefficient (Wildman–Crippen LogP) is 2.77. The Balaban J connectivity index is 2.56. The summed E-state index contributed by atoms with van der Waals surface area (Å²) in [5.41, 5.74) is 4.02. The lowest BCUT2D eigenvalue weighted by Crippen LogP contribution is -1.95. The van der Waals surface area contributed by atoms with E-state index in [1.165, 1.54) is 16.8 Å². The quantitative estimate of drug-likeness (QED) is 0.614. The Morgan fingerprint density at radius 1 is 1.42 bits per heavy atom. The average Bonchev–Trinajstić information content (AvgIpc) is 2.49. The molecule has 0 saturated carbocycles. The molecule has 0 bridgehead atoms. The summed E-state index contributed by atoms with van der Waals surface area (Å²) in [5.74, 6) is 0.601. The highest BCUT2D eigenvalue weighted by molar-refractivity contribution is 5.61. The Labute approximate surface area is 73.1 Å². The van der Waals surface area contributed by atoms with Crippen molar-refractivity contribution in [1.29, 1.82) is 0 Å². The molecule has 0 saturated heterocycles. The summed E-state index contributed by atoms with van der Waals surface area (Å²) in [4.78, 5) is 4.34. The van der Waals surface area contributed by atoms with E-state index < -0.39 is 0 Å². The van der Waals surface area contributed by atoms with Gasteiger partial charge in [0, 0.05) is 12.6 Å². The lowest BCUT2D eigenvalue weighted by molar-refractivity contribution is 0.855. The first kappa shape index (κ1) is 7.53. The van der Waals surface area contributed by atoms with Crippen molar-refractivity contribution in [3.8, 4) is 0 Å². The van der Waals surface area contributed by atoms with Crippen molar-refractivity contribution < 1.29 is 0 Å². The number of nitrogens with zero attached hydrogens (tertiary/aromatic N) is 1. The standard InChI is InChI=1S/C11H13N/c1-8(2)9-6-7-12-11-5-3-4-10(9)11/h3-4,6-8H,5H2,1-2H3. The molecule has 0 radical (unpaired) electrons. The van der Waals surface area contributed by atoms with Crippen LogP contribution in [0.25, 0.3) is 6.08 Å². The topological polar surface area (TPSA) is 12.9 Å². The van der Waals surface area contributed by atoms with E-state index in [0.29, 0.717) is 5.92 Å². The first-order chi connectivity index (χ1) is 5.79. The lowest BCUT2D eigenvalue weighted by Gasteiger charge is -2.09. The van der Waals surface area contributed by atoms with E-state index in [1.54, 1.807) is 0 Å². The van der Waals surface area contributed by atoms with Gasteiger partial charge in [-0.3, -0.25) is 4.98 Å². The van der Waals surface area contributed by atoms with Crippen LogP contribution in [0.2, 0.25) is 0 Å². The van der Waals surface area contributed by atoms with Crippen molar-refractivity contribution >= 4 is 6.08 Å². The molecule has 1 nitrogen and oxygen atoms in total. The molecule has 1 aromatic rings. The first-order valence-electron chi connectivity index (χ1n) is 4.43. The summed E-state index contributed by atoms with van der Waals surface area (Å²) < 4.78 is 0. The minimum absolute atomic E-state index is 0.601. The van der Waals surface area contributed by atoms with Crippen LogP contribution in [0.4, 0.5) is 0 Å². The van der Waals surface area contributed by atoms with Gasteiger partial charge in [0.2, 0.25) is 0 Å². The monoisotopic (exact) mass is 159 g/mol. The highest BCUT2D eigenvalue weighted by atomic mass is 14.7. The van der Waals surface area contributed by atoms with Gasteiger partial charge in [-0.15, -0.1) is 0 Å². The fourth-order valence-corrected chi connectivity index (χ4v) is 1.68. The molecule has 0 aromatic carbocycles. The minimum Gasteiger partial charge on any atom is -0.260 e. The summed E-state index contributed by atoms with van der Waals surface area (Å²) in [6.45, 7) is 4.45. The van der Waals surface area contributed by atoms with Crippen LogP contribution in [0.5, 0.6) is 0 Å². The van der Waals surface area contributed by atoms with E-state index >= 15 is 0 Å². The zero-order chi connectivity index (χ0) is 8.55. The molecule has 12 heavy (non-hydrogen) atoms. The summed E-state index contributed by atoms with van der Waals surface area (Å²) in [5, 5.41) is 0. The molecule has 1 heteroatoms. The first-order valence-corrected chi connectivity index (χ1v) is 4.43. The predicted molar refractivity (Wildman–Crippen MR) is 51.1 cm³/mol. The van der Waals surface area contributed by atoms with Gasteiger partial charge in [0.05, 0.1) is 5.69 Å². The van der Waals surface area contributed by atoms with Gasteiger partial charge in [0.1, 0.15) is 0 Å². The highest BCUT2D eigenvalue weighted by Crippen LogP contribution is 2.26. The molecule has 62 valence electrons. The third kappa shape index (κ3) is 1.06. The van der Waals surface area contributed by atoms with Gasteiger partial charge in [-0.1, -0.05) is 26.0 Å². The van der Waals surface area contributed by atoms with Gasteiger partial charge < -0.3 is 0 Å². The van der Waals surface area contributed by atoms with Gasteiger partial charge >= 0.3 is 0 Å². The number of allylic oxidation sites excluding steroid dienone is 1. The summed E-state index contributed by atoms with van der Waals surface area (Å²) >= 11 is 0. The molecule has 0 unspecified atom stereocenters. The van der Waals surface area contributed by atoms with Crippen LogP contribution >= 0.6 is 0 Å². The second kappa shape index (κ2) is 2.74. The second-order valence-electron chi connectivity index (χ2n) is 3.52. The summed E-state index contributed by atoms with van der Waals surface area (Å²) in [7, 11) is 0. The Morgan fingerprint density at radius 3 is 3.00 bits per heavy atom. The van der Waals surface area contributed by atoms with Crippen molar-refractivity contribution in [2.24, 2.45) is 0 Å². The molecule has 0 amide bonds. The van der Waals surface area contributed by atoms with E-state index in [-0.39, 0.29) is 0 Å². The Morgan fingerprint density at radius 2 is 2.25 bits per heavy atom. The molecule has 1 aromatic heterocycles. The van der Waals surface area contributed by atoms with Crippen LogP contribution in [-0.4, -0.2) is 4.98 Å². The van der Waals surface area contributed by atoms with Crippen LogP contribution < -0.4 is 0 Å². The van der Waals surface area contributed by atoms with Crippen molar-refractivity contribution in [2.45, 2.75) is 26.2 Å². The molecular formula is C11H13N. The zero-order valence-electron chi connectivity index (χ0n) is 7.54. The van der Waals surface area contributed by atoms with Crippen LogP contribution in [0.15, 0.2) is 18.3 Å². The third-order valence-electron chi connectivity index (χ3n) is 2.32. The van der Waals surface area contributed by atoms with E-state index in [0.717, 1.165) is 6.42 Å². The minimum atomic E-state index is 0.601. The molecule has 1 aliphatic carbocycles. The normalized spacial score (nSPS) is 13.9. The van der Waals surface area contributed by atoms with Crippen molar-refractivity contribution in [3.63, 3.8) is 0 Å². The molecule has 2 rings (SSSR count). The Bertz CT molecular complexity index is 324. The third-order valence-corrected chi connectivity index (χ3v) is 2.32. The van der Waals surface area contributed by atoms with Gasteiger partial charge in [-0.05, 0) is 23.1 Å². The lowest BCUT2D eigenvalue weighted by atomic mass is 9.98. The average molecular weight is 159 g/mol. The number of pyridine rings is 1. The molecule has 0 atom stereocenters. The maximum Gasteiger partial charge on any atom is 0.0516 e. The van der Waals surface area contributed by atoms with Crippen LogP contribution in [-0.2, 0) is 6.42 Å². The van der Waals surface area contributed by atoms with Gasteiger partial charge in [-0.25, -0.2) is 0 Å². The number of aromatic nitrogens is 1. The van der Waals surface area contributed by atoms with Crippen molar-refractivity contribution in [2.75, 3.05) is 0 Å². The Hall–Kier alpha value is -1.11. The fraction of sp³-hybridized carbons (Fsp3) is 0.364. The maximum absolute atomic E-state index is 4.34. The largest absolute Gasteiger partial charge is 0.260 e. The van der Waals surface area contributed by atoms with E-state index in [9.17, 15) is 0 Å². The summed E-state index contributed by atoms with van der Waals surface area (Å²) in [6.07, 6.45) is 7.30. The van der Waals surface area contributed by atoms with Gasteiger partial charge in [0.25, 0.3) is 0 Å². The molecule has 0 aliphatic heterocycles. The number of hydrogen-bond donors (Lipinski definition) is 0. The van der Waals surface area contributed by atoms with E-state index in [1.807, 2.05) is 6.20 Å². The molecular weight excluding hydrogens is 146 g/mol.